The molecule has 1 amide bonds. The van der Waals surface area contributed by atoms with E-state index in [1.165, 1.54) is 21.3 Å². The smallest absolute Gasteiger partial charge is 0.227 e. The standard InChI is InChI=1S/C20H26N4O5/c1-24-9-7-13(8-10-24)20-22-18(29-23-20)6-5-17(25)21-14-11-15(26-2)19(28-4)16(12-14)27-3/h7,11-12H,5-6,8-10H2,1-4H3,(H,21,25). The van der Waals surface area contributed by atoms with E-state index in [1.54, 1.807) is 12.1 Å². The Balaban J connectivity index is 1.59. The second-order valence-electron chi connectivity index (χ2n) is 6.72. The van der Waals surface area contributed by atoms with Gasteiger partial charge in [0.25, 0.3) is 0 Å². The van der Waals surface area contributed by atoms with Crippen LogP contribution in [0.4, 0.5) is 5.69 Å². The number of nitrogens with one attached hydrogen (secondary N) is 1. The van der Waals surface area contributed by atoms with Crippen molar-refractivity contribution in [1.29, 1.82) is 0 Å². The summed E-state index contributed by atoms with van der Waals surface area (Å²) in [6.07, 6.45) is 3.56. The Morgan fingerprint density at radius 1 is 1.21 bits per heavy atom. The van der Waals surface area contributed by atoms with Gasteiger partial charge >= 0.3 is 0 Å². The van der Waals surface area contributed by atoms with E-state index in [0.717, 1.165) is 25.1 Å². The van der Waals surface area contributed by atoms with Gasteiger partial charge in [0.2, 0.25) is 17.5 Å². The third-order valence-corrected chi connectivity index (χ3v) is 4.68. The summed E-state index contributed by atoms with van der Waals surface area (Å²) in [6, 6.07) is 3.35. The molecule has 2 aromatic rings. The van der Waals surface area contributed by atoms with Gasteiger partial charge in [-0.1, -0.05) is 11.2 Å². The van der Waals surface area contributed by atoms with E-state index in [2.05, 4.69) is 33.5 Å². The predicted octanol–water partition coefficient (Wildman–Crippen LogP) is 2.39. The Bertz CT molecular complexity index is 868. The number of aryl methyl sites for hydroxylation is 1. The second kappa shape index (κ2) is 9.42. The van der Waals surface area contributed by atoms with E-state index < -0.39 is 0 Å². The number of anilines is 1. The Morgan fingerprint density at radius 3 is 2.52 bits per heavy atom. The average molecular weight is 402 g/mol. The molecular weight excluding hydrogens is 376 g/mol. The molecule has 2 heterocycles. The van der Waals surface area contributed by atoms with Gasteiger partial charge in [0.15, 0.2) is 17.3 Å². The first kappa shape index (κ1) is 20.7. The molecule has 1 aromatic carbocycles. The number of ether oxygens (including phenoxy) is 3. The summed E-state index contributed by atoms with van der Waals surface area (Å²) in [7, 11) is 6.64. The third-order valence-electron chi connectivity index (χ3n) is 4.68. The van der Waals surface area contributed by atoms with Crippen molar-refractivity contribution in [2.75, 3.05) is 46.8 Å². The van der Waals surface area contributed by atoms with Crippen LogP contribution in [-0.4, -0.2) is 62.4 Å². The van der Waals surface area contributed by atoms with Crippen LogP contribution in [0, 0.1) is 0 Å². The number of carbonyl (C=O) groups is 1. The fraction of sp³-hybridized carbons (Fsp3) is 0.450. The summed E-state index contributed by atoms with van der Waals surface area (Å²) in [5.41, 5.74) is 1.63. The zero-order valence-electron chi connectivity index (χ0n) is 17.2. The Labute approximate surface area is 169 Å². The number of aromatic nitrogens is 2. The molecule has 1 aromatic heterocycles. The molecule has 0 bridgehead atoms. The van der Waals surface area contributed by atoms with Crippen LogP contribution < -0.4 is 19.5 Å². The SMILES string of the molecule is COc1cc(NC(=O)CCc2nc(C3=CCN(C)CC3)no2)cc(OC)c1OC. The summed E-state index contributed by atoms with van der Waals surface area (Å²) >= 11 is 0. The van der Waals surface area contributed by atoms with Crippen molar-refractivity contribution in [3.8, 4) is 17.2 Å². The highest BCUT2D eigenvalue weighted by molar-refractivity contribution is 5.91. The minimum Gasteiger partial charge on any atom is -0.493 e. The lowest BCUT2D eigenvalue weighted by molar-refractivity contribution is -0.116. The molecule has 0 unspecified atom stereocenters. The molecule has 9 nitrogen and oxygen atoms in total. The molecule has 156 valence electrons. The van der Waals surface area contributed by atoms with Crippen LogP contribution in [0.2, 0.25) is 0 Å². The molecule has 0 saturated carbocycles. The fourth-order valence-corrected chi connectivity index (χ4v) is 3.06. The fourth-order valence-electron chi connectivity index (χ4n) is 3.06. The van der Waals surface area contributed by atoms with Crippen molar-refractivity contribution in [2.45, 2.75) is 19.3 Å². The van der Waals surface area contributed by atoms with Crippen molar-refractivity contribution in [3.05, 3.63) is 29.9 Å². The number of likely N-dealkylation sites (N-methyl/N-ethyl adjacent to an activating group) is 1. The summed E-state index contributed by atoms with van der Waals surface area (Å²) in [4.78, 5) is 19.0. The van der Waals surface area contributed by atoms with Crippen LogP contribution in [0.3, 0.4) is 0 Å². The predicted molar refractivity (Wildman–Crippen MR) is 107 cm³/mol. The second-order valence-corrected chi connectivity index (χ2v) is 6.72. The quantitative estimate of drug-likeness (QED) is 0.719. The molecule has 9 heteroatoms. The lowest BCUT2D eigenvalue weighted by atomic mass is 10.1. The van der Waals surface area contributed by atoms with E-state index in [4.69, 9.17) is 18.7 Å². The number of amides is 1. The number of rotatable bonds is 8. The number of benzene rings is 1. The molecule has 0 saturated heterocycles. The lowest BCUT2D eigenvalue weighted by Crippen LogP contribution is -2.23. The average Bonchev–Trinajstić information content (AvgIpc) is 3.21. The normalized spacial score (nSPS) is 14.3. The first-order valence-corrected chi connectivity index (χ1v) is 9.34. The number of carbonyl (C=O) groups excluding carboxylic acids is 1. The van der Waals surface area contributed by atoms with Crippen molar-refractivity contribution >= 4 is 17.2 Å². The lowest BCUT2D eigenvalue weighted by Gasteiger charge is -2.19. The Hall–Kier alpha value is -3.07. The molecule has 0 atom stereocenters. The van der Waals surface area contributed by atoms with E-state index in [9.17, 15) is 4.79 Å². The maximum absolute atomic E-state index is 12.4. The van der Waals surface area contributed by atoms with Gasteiger partial charge < -0.3 is 29.0 Å². The van der Waals surface area contributed by atoms with Crippen molar-refractivity contribution in [3.63, 3.8) is 0 Å². The summed E-state index contributed by atoms with van der Waals surface area (Å²) < 4.78 is 21.2. The van der Waals surface area contributed by atoms with Gasteiger partial charge in [-0.05, 0) is 19.0 Å². The van der Waals surface area contributed by atoms with Gasteiger partial charge in [0, 0.05) is 43.8 Å². The number of hydrogen-bond donors (Lipinski definition) is 1. The molecule has 29 heavy (non-hydrogen) atoms. The minimum absolute atomic E-state index is 0.183. The van der Waals surface area contributed by atoms with Crippen LogP contribution in [-0.2, 0) is 11.2 Å². The van der Waals surface area contributed by atoms with Crippen LogP contribution in [0.15, 0.2) is 22.7 Å². The largest absolute Gasteiger partial charge is 0.493 e. The summed E-state index contributed by atoms with van der Waals surface area (Å²) in [5.74, 6) is 2.27. The molecule has 1 N–H and O–H groups in total. The maximum atomic E-state index is 12.4. The summed E-state index contributed by atoms with van der Waals surface area (Å²) in [5, 5.41) is 6.87. The first-order valence-electron chi connectivity index (χ1n) is 9.34. The van der Waals surface area contributed by atoms with Crippen molar-refractivity contribution in [2.24, 2.45) is 0 Å². The maximum Gasteiger partial charge on any atom is 0.227 e. The number of nitrogens with zero attached hydrogens (tertiary/aromatic N) is 3. The Kier molecular flexibility index (Phi) is 6.71. The zero-order chi connectivity index (χ0) is 20.8. The third kappa shape index (κ3) is 5.05. The van der Waals surface area contributed by atoms with Gasteiger partial charge in [-0.3, -0.25) is 4.79 Å². The number of methoxy groups -OCH3 is 3. The molecule has 0 fully saturated rings. The highest BCUT2D eigenvalue weighted by Gasteiger charge is 2.17. The van der Waals surface area contributed by atoms with Gasteiger partial charge in [-0.15, -0.1) is 0 Å². The highest BCUT2D eigenvalue weighted by atomic mass is 16.5. The molecule has 0 aliphatic carbocycles. The van der Waals surface area contributed by atoms with E-state index in [0.29, 0.717) is 41.1 Å². The summed E-state index contributed by atoms with van der Waals surface area (Å²) in [6.45, 7) is 1.84. The van der Waals surface area contributed by atoms with E-state index >= 15 is 0 Å². The monoisotopic (exact) mass is 402 g/mol. The highest BCUT2D eigenvalue weighted by Crippen LogP contribution is 2.39. The molecule has 1 aliphatic rings. The van der Waals surface area contributed by atoms with Crippen molar-refractivity contribution in [1.82, 2.24) is 15.0 Å². The van der Waals surface area contributed by atoms with Gasteiger partial charge in [-0.2, -0.15) is 4.98 Å². The molecule has 0 radical (unpaired) electrons. The van der Waals surface area contributed by atoms with Crippen LogP contribution in [0.5, 0.6) is 17.2 Å². The van der Waals surface area contributed by atoms with Crippen LogP contribution in [0.1, 0.15) is 24.6 Å². The molecule has 3 rings (SSSR count). The molecular formula is C20H26N4O5. The van der Waals surface area contributed by atoms with Gasteiger partial charge in [0.1, 0.15) is 0 Å². The van der Waals surface area contributed by atoms with Gasteiger partial charge in [0.05, 0.1) is 21.3 Å². The molecule has 1 aliphatic heterocycles. The first-order chi connectivity index (χ1) is 14.0. The van der Waals surface area contributed by atoms with Crippen molar-refractivity contribution < 1.29 is 23.5 Å². The van der Waals surface area contributed by atoms with E-state index in [-0.39, 0.29) is 12.3 Å². The van der Waals surface area contributed by atoms with E-state index in [1.807, 2.05) is 0 Å². The minimum atomic E-state index is -0.183. The number of hydrogen-bond acceptors (Lipinski definition) is 8. The Morgan fingerprint density at radius 2 is 1.93 bits per heavy atom. The van der Waals surface area contributed by atoms with Gasteiger partial charge in [-0.25, -0.2) is 0 Å². The zero-order valence-corrected chi connectivity index (χ0v) is 17.2. The molecule has 0 spiro atoms. The van der Waals surface area contributed by atoms with Crippen LogP contribution in [0.25, 0.3) is 5.57 Å². The van der Waals surface area contributed by atoms with Crippen LogP contribution >= 0.6 is 0 Å². The topological polar surface area (TPSA) is 99.0 Å².